The number of ether oxygens (including phenoxy) is 1. The molecule has 5 heteroatoms. The third-order valence-corrected chi connectivity index (χ3v) is 4.07. The summed E-state index contributed by atoms with van der Waals surface area (Å²) >= 11 is 0. The van der Waals surface area contributed by atoms with Crippen LogP contribution in [0.2, 0.25) is 0 Å². The molecule has 0 aliphatic heterocycles. The van der Waals surface area contributed by atoms with E-state index in [0.29, 0.717) is 5.56 Å². The number of carbonyl (C=O) groups excluding carboxylic acids is 1. The number of rotatable bonds is 6. The van der Waals surface area contributed by atoms with E-state index < -0.39 is 0 Å². The van der Waals surface area contributed by atoms with Crippen LogP contribution >= 0.6 is 0 Å². The molecule has 0 spiro atoms. The second-order valence-electron chi connectivity index (χ2n) is 6.08. The van der Waals surface area contributed by atoms with Gasteiger partial charge in [0.2, 0.25) is 0 Å². The quantitative estimate of drug-likeness (QED) is 0.540. The first-order valence-corrected chi connectivity index (χ1v) is 8.26. The molecule has 1 heterocycles. The minimum atomic E-state index is -0.0455. The Morgan fingerprint density at radius 1 is 1.08 bits per heavy atom. The van der Waals surface area contributed by atoms with Crippen LogP contribution in [0.25, 0.3) is 17.3 Å². The second kappa shape index (κ2) is 7.70. The highest BCUT2D eigenvalue weighted by Crippen LogP contribution is 2.21. The Labute approximate surface area is 152 Å². The Balaban J connectivity index is 1.70. The van der Waals surface area contributed by atoms with E-state index in [-0.39, 0.29) is 5.78 Å². The number of nitrogens with zero attached hydrogens (tertiary/aromatic N) is 2. The number of hydrogen-bond acceptors (Lipinski definition) is 4. The molecule has 0 saturated carbocycles. The molecule has 3 rings (SSSR count). The number of hydrogen-bond donors (Lipinski definition) is 1. The Kier molecular flexibility index (Phi) is 5.17. The van der Waals surface area contributed by atoms with E-state index in [9.17, 15) is 4.79 Å². The average Bonchev–Trinajstić information content (AvgIpc) is 3.15. The average molecular weight is 347 g/mol. The molecule has 5 nitrogen and oxygen atoms in total. The highest BCUT2D eigenvalue weighted by molar-refractivity contribution is 6.06. The van der Waals surface area contributed by atoms with Crippen LogP contribution < -0.4 is 9.64 Å². The Morgan fingerprint density at radius 2 is 1.77 bits per heavy atom. The normalized spacial score (nSPS) is 10.9. The molecule has 0 amide bonds. The summed E-state index contributed by atoms with van der Waals surface area (Å²) in [7, 11) is 5.57. The van der Waals surface area contributed by atoms with Crippen molar-refractivity contribution in [3.63, 3.8) is 0 Å². The number of methoxy groups -OCH3 is 1. The van der Waals surface area contributed by atoms with Crippen molar-refractivity contribution in [1.29, 1.82) is 0 Å². The molecule has 132 valence electrons. The lowest BCUT2D eigenvalue weighted by molar-refractivity contribution is 0.104. The van der Waals surface area contributed by atoms with E-state index in [1.165, 1.54) is 0 Å². The van der Waals surface area contributed by atoms with Crippen LogP contribution in [0.15, 0.2) is 60.7 Å². The molecule has 0 radical (unpaired) electrons. The topological polar surface area (TPSA) is 58.2 Å². The van der Waals surface area contributed by atoms with Crippen LogP contribution in [0, 0.1) is 0 Å². The van der Waals surface area contributed by atoms with Gasteiger partial charge in [-0.1, -0.05) is 0 Å². The molecular weight excluding hydrogens is 326 g/mol. The molecule has 1 N–H and O–H groups in total. The van der Waals surface area contributed by atoms with E-state index >= 15 is 0 Å². The largest absolute Gasteiger partial charge is 0.497 e. The zero-order valence-electron chi connectivity index (χ0n) is 15.1. The van der Waals surface area contributed by atoms with Crippen molar-refractivity contribution in [2.45, 2.75) is 0 Å². The van der Waals surface area contributed by atoms with E-state index in [1.54, 1.807) is 19.3 Å². The number of aromatic amines is 1. The van der Waals surface area contributed by atoms with Gasteiger partial charge in [0, 0.05) is 30.9 Å². The van der Waals surface area contributed by atoms with Crippen LogP contribution in [0.1, 0.15) is 16.1 Å². The maximum absolute atomic E-state index is 12.3. The minimum absolute atomic E-state index is 0.0455. The number of nitrogens with one attached hydrogen (secondary N) is 1. The number of H-pyrrole nitrogens is 1. The summed E-state index contributed by atoms with van der Waals surface area (Å²) < 4.78 is 5.16. The van der Waals surface area contributed by atoms with Crippen molar-refractivity contribution in [3.05, 3.63) is 71.9 Å². The summed E-state index contributed by atoms with van der Waals surface area (Å²) in [4.78, 5) is 14.3. The third-order valence-electron chi connectivity index (χ3n) is 4.07. The van der Waals surface area contributed by atoms with Gasteiger partial charge >= 0.3 is 0 Å². The van der Waals surface area contributed by atoms with Gasteiger partial charge in [-0.25, -0.2) is 0 Å². The second-order valence-corrected chi connectivity index (χ2v) is 6.08. The summed E-state index contributed by atoms with van der Waals surface area (Å²) in [5.74, 6) is 0.756. The number of ketones is 1. The van der Waals surface area contributed by atoms with E-state index in [1.807, 2.05) is 73.6 Å². The highest BCUT2D eigenvalue weighted by Gasteiger charge is 2.05. The van der Waals surface area contributed by atoms with Gasteiger partial charge in [0.25, 0.3) is 0 Å². The first-order valence-electron chi connectivity index (χ1n) is 8.26. The molecule has 26 heavy (non-hydrogen) atoms. The molecule has 3 aromatic rings. The van der Waals surface area contributed by atoms with Crippen molar-refractivity contribution < 1.29 is 9.53 Å². The first kappa shape index (κ1) is 17.5. The van der Waals surface area contributed by atoms with E-state index in [0.717, 1.165) is 28.4 Å². The highest BCUT2D eigenvalue weighted by atomic mass is 16.5. The van der Waals surface area contributed by atoms with Crippen LogP contribution in [-0.2, 0) is 0 Å². The summed E-state index contributed by atoms with van der Waals surface area (Å²) in [6.07, 6.45) is 3.29. The maximum Gasteiger partial charge on any atom is 0.185 e. The van der Waals surface area contributed by atoms with E-state index in [2.05, 4.69) is 10.2 Å². The maximum atomic E-state index is 12.3. The lowest BCUT2D eigenvalue weighted by atomic mass is 10.1. The lowest BCUT2D eigenvalue weighted by Gasteiger charge is -2.11. The molecule has 0 aliphatic carbocycles. The van der Waals surface area contributed by atoms with Gasteiger partial charge < -0.3 is 9.64 Å². The fourth-order valence-corrected chi connectivity index (χ4v) is 2.52. The summed E-state index contributed by atoms with van der Waals surface area (Å²) in [6, 6.07) is 17.1. The minimum Gasteiger partial charge on any atom is -0.497 e. The van der Waals surface area contributed by atoms with Gasteiger partial charge in [-0.2, -0.15) is 5.10 Å². The molecular formula is C21H21N3O2. The van der Waals surface area contributed by atoms with Gasteiger partial charge in [0.05, 0.1) is 18.5 Å². The third kappa shape index (κ3) is 4.00. The van der Waals surface area contributed by atoms with Crippen LogP contribution in [0.3, 0.4) is 0 Å². The van der Waals surface area contributed by atoms with Gasteiger partial charge in [-0.05, 0) is 66.7 Å². The zero-order valence-corrected chi connectivity index (χ0v) is 15.1. The molecule has 2 aromatic carbocycles. The SMILES string of the molecule is COc1ccc(-c2cc(/C=C/C(=O)c3ccc(N(C)C)cc3)[nH]n2)cc1. The predicted octanol–water partition coefficient (Wildman–Crippen LogP) is 4.05. The molecule has 0 fully saturated rings. The summed E-state index contributed by atoms with van der Waals surface area (Å²) in [5, 5.41) is 7.23. The molecule has 1 aromatic heterocycles. The number of aromatic nitrogens is 2. The number of allylic oxidation sites excluding steroid dienone is 1. The number of carbonyl (C=O) groups is 1. The number of anilines is 1. The fourth-order valence-electron chi connectivity index (χ4n) is 2.52. The molecule has 0 saturated heterocycles. The molecule has 0 aliphatic rings. The zero-order chi connectivity index (χ0) is 18.5. The first-order chi connectivity index (χ1) is 12.6. The van der Waals surface area contributed by atoms with Crippen LogP contribution in [0.5, 0.6) is 5.75 Å². The molecule has 0 atom stereocenters. The standard InChI is InChI=1S/C21H21N3O2/c1-24(2)18-9-4-16(5-10-18)21(25)13-8-17-14-20(23-22-17)15-6-11-19(26-3)12-7-15/h4-14H,1-3H3,(H,22,23)/b13-8+. The fraction of sp³-hybridized carbons (Fsp3) is 0.143. The van der Waals surface area contributed by atoms with Crippen molar-refractivity contribution in [3.8, 4) is 17.0 Å². The van der Waals surface area contributed by atoms with Crippen molar-refractivity contribution in [2.75, 3.05) is 26.1 Å². The van der Waals surface area contributed by atoms with Crippen molar-refractivity contribution in [1.82, 2.24) is 10.2 Å². The van der Waals surface area contributed by atoms with Crippen LogP contribution in [0.4, 0.5) is 5.69 Å². The molecule has 0 bridgehead atoms. The van der Waals surface area contributed by atoms with Gasteiger partial charge in [-0.3, -0.25) is 9.89 Å². The summed E-state index contributed by atoms with van der Waals surface area (Å²) in [5.41, 5.74) is 4.28. The smallest absolute Gasteiger partial charge is 0.185 e. The van der Waals surface area contributed by atoms with Crippen LogP contribution in [-0.4, -0.2) is 37.2 Å². The molecule has 0 unspecified atom stereocenters. The number of benzene rings is 2. The van der Waals surface area contributed by atoms with Crippen molar-refractivity contribution >= 4 is 17.5 Å². The predicted molar refractivity (Wildman–Crippen MR) is 105 cm³/mol. The summed E-state index contributed by atoms with van der Waals surface area (Å²) in [6.45, 7) is 0. The van der Waals surface area contributed by atoms with Gasteiger partial charge in [-0.15, -0.1) is 0 Å². The van der Waals surface area contributed by atoms with Gasteiger partial charge in [0.1, 0.15) is 5.75 Å². The Bertz CT molecular complexity index is 907. The van der Waals surface area contributed by atoms with E-state index in [4.69, 9.17) is 4.74 Å². The Morgan fingerprint density at radius 3 is 2.38 bits per heavy atom. The van der Waals surface area contributed by atoms with Crippen molar-refractivity contribution in [2.24, 2.45) is 0 Å². The monoisotopic (exact) mass is 347 g/mol. The Hall–Kier alpha value is -3.34. The lowest BCUT2D eigenvalue weighted by Crippen LogP contribution is -2.08. The van der Waals surface area contributed by atoms with Gasteiger partial charge in [0.15, 0.2) is 5.78 Å².